The largest absolute Gasteiger partial charge is 0.487 e. The van der Waals surface area contributed by atoms with E-state index in [1.807, 2.05) is 6.07 Å². The van der Waals surface area contributed by atoms with Crippen LogP contribution in [0.2, 0.25) is 0 Å². The van der Waals surface area contributed by atoms with Crippen molar-refractivity contribution in [2.24, 2.45) is 5.73 Å². The van der Waals surface area contributed by atoms with Gasteiger partial charge in [0, 0.05) is 19.0 Å². The van der Waals surface area contributed by atoms with Crippen LogP contribution in [0.1, 0.15) is 18.4 Å². The lowest BCUT2D eigenvalue weighted by Crippen LogP contribution is -2.03. The average Bonchev–Trinajstić information content (AvgIpc) is 2.34. The van der Waals surface area contributed by atoms with Gasteiger partial charge < -0.3 is 10.5 Å². The number of hydrogen-bond donors (Lipinski definition) is 1. The Bertz CT molecular complexity index is 440. The lowest BCUT2D eigenvalue weighted by Gasteiger charge is -2.07. The summed E-state index contributed by atoms with van der Waals surface area (Å²) >= 11 is 0. The molecule has 0 aliphatic heterocycles. The average molecular weight is 235 g/mol. The number of nitrogens with two attached hydrogens (primary N) is 1. The Labute approximate surface area is 98.8 Å². The molecule has 0 aliphatic rings. The quantitative estimate of drug-likeness (QED) is 0.459. The van der Waals surface area contributed by atoms with E-state index < -0.39 is 4.92 Å². The maximum absolute atomic E-state index is 10.8. The monoisotopic (exact) mass is 235 g/mol. The molecule has 6 nitrogen and oxygen atoms in total. The Hall–Kier alpha value is -2.13. The highest BCUT2D eigenvalue weighted by Crippen LogP contribution is 2.28. The Morgan fingerprint density at radius 3 is 2.88 bits per heavy atom. The highest BCUT2D eigenvalue weighted by molar-refractivity contribution is 5.48. The van der Waals surface area contributed by atoms with E-state index in [0.717, 1.165) is 5.56 Å². The number of nitriles is 1. The van der Waals surface area contributed by atoms with Gasteiger partial charge in [0.2, 0.25) is 0 Å². The summed E-state index contributed by atoms with van der Waals surface area (Å²) in [6.07, 6.45) is 0.908. The first kappa shape index (κ1) is 12.9. The molecule has 0 aromatic heterocycles. The highest BCUT2D eigenvalue weighted by Gasteiger charge is 2.15. The fourth-order valence-corrected chi connectivity index (χ4v) is 1.29. The summed E-state index contributed by atoms with van der Waals surface area (Å²) in [4.78, 5) is 10.3. The zero-order valence-corrected chi connectivity index (χ0v) is 9.26. The van der Waals surface area contributed by atoms with Gasteiger partial charge in [-0.05, 0) is 18.1 Å². The molecule has 1 rings (SSSR count). The van der Waals surface area contributed by atoms with Gasteiger partial charge in [-0.25, -0.2) is 0 Å². The summed E-state index contributed by atoms with van der Waals surface area (Å²) in [6, 6.07) is 6.51. The van der Waals surface area contributed by atoms with Gasteiger partial charge in [0.25, 0.3) is 0 Å². The van der Waals surface area contributed by atoms with Gasteiger partial charge in [-0.15, -0.1) is 0 Å². The molecule has 0 spiro atoms. The van der Waals surface area contributed by atoms with Crippen molar-refractivity contribution in [2.45, 2.75) is 19.4 Å². The first-order valence-corrected chi connectivity index (χ1v) is 5.16. The molecule has 2 N–H and O–H groups in total. The Morgan fingerprint density at radius 2 is 2.29 bits per heavy atom. The van der Waals surface area contributed by atoms with E-state index in [0.29, 0.717) is 19.4 Å². The lowest BCUT2D eigenvalue weighted by atomic mass is 10.2. The van der Waals surface area contributed by atoms with Crippen LogP contribution in [0, 0.1) is 21.4 Å². The second-order valence-corrected chi connectivity index (χ2v) is 3.37. The van der Waals surface area contributed by atoms with Crippen LogP contribution in [0.4, 0.5) is 5.69 Å². The number of ether oxygens (including phenoxy) is 1. The Kier molecular flexibility index (Phi) is 4.91. The summed E-state index contributed by atoms with van der Waals surface area (Å²) in [6.45, 7) is 0.578. The fourth-order valence-electron chi connectivity index (χ4n) is 1.29. The minimum Gasteiger partial charge on any atom is -0.487 e. The molecule has 0 fully saturated rings. The number of unbranched alkanes of at least 4 members (excludes halogenated alkanes) is 1. The van der Waals surface area contributed by atoms with E-state index in [1.54, 1.807) is 12.1 Å². The summed E-state index contributed by atoms with van der Waals surface area (Å²) in [5, 5.41) is 19.1. The molecular weight excluding hydrogens is 222 g/mol. The molecule has 6 heteroatoms. The third-order valence-corrected chi connectivity index (χ3v) is 2.15. The molecular formula is C11H13N3O3. The Morgan fingerprint density at radius 1 is 1.53 bits per heavy atom. The smallest absolute Gasteiger partial charge is 0.310 e. The van der Waals surface area contributed by atoms with Gasteiger partial charge in [0.05, 0.1) is 17.6 Å². The second kappa shape index (κ2) is 6.45. The van der Waals surface area contributed by atoms with Crippen LogP contribution >= 0.6 is 0 Å². The number of nitrogens with zero attached hydrogens (tertiary/aromatic N) is 2. The molecule has 0 radical (unpaired) electrons. The van der Waals surface area contributed by atoms with Crippen molar-refractivity contribution in [1.82, 2.24) is 0 Å². The van der Waals surface area contributed by atoms with E-state index >= 15 is 0 Å². The van der Waals surface area contributed by atoms with Crippen molar-refractivity contribution in [3.63, 3.8) is 0 Å². The number of nitro benzene ring substituents is 1. The summed E-state index contributed by atoms with van der Waals surface area (Å²) in [7, 11) is 0. The van der Waals surface area contributed by atoms with E-state index in [9.17, 15) is 10.1 Å². The number of nitro groups is 1. The van der Waals surface area contributed by atoms with Crippen LogP contribution in [-0.4, -0.2) is 11.5 Å². The molecule has 0 heterocycles. The summed E-state index contributed by atoms with van der Waals surface area (Å²) in [5.74, 6) is 0.205. The van der Waals surface area contributed by atoms with E-state index in [2.05, 4.69) is 0 Å². The Balaban J connectivity index is 2.79. The second-order valence-electron chi connectivity index (χ2n) is 3.37. The van der Waals surface area contributed by atoms with Crippen molar-refractivity contribution in [3.05, 3.63) is 33.9 Å². The van der Waals surface area contributed by atoms with Crippen LogP contribution in [0.5, 0.6) is 5.75 Å². The molecule has 0 bridgehead atoms. The van der Waals surface area contributed by atoms with Gasteiger partial charge in [0.1, 0.15) is 0 Å². The van der Waals surface area contributed by atoms with Gasteiger partial charge in [-0.2, -0.15) is 5.26 Å². The SMILES string of the molecule is N#CCCCOc1cc(CN)ccc1[N+](=O)[O-]. The zero-order valence-electron chi connectivity index (χ0n) is 9.26. The maximum atomic E-state index is 10.8. The first-order chi connectivity index (χ1) is 8.19. The molecule has 0 atom stereocenters. The molecule has 0 unspecified atom stereocenters. The predicted molar refractivity (Wildman–Crippen MR) is 61.3 cm³/mol. The van der Waals surface area contributed by atoms with Crippen molar-refractivity contribution in [2.75, 3.05) is 6.61 Å². The molecule has 1 aromatic rings. The first-order valence-electron chi connectivity index (χ1n) is 5.16. The van der Waals surface area contributed by atoms with Crippen LogP contribution < -0.4 is 10.5 Å². The van der Waals surface area contributed by atoms with Gasteiger partial charge in [0.15, 0.2) is 5.75 Å². The molecule has 0 aliphatic carbocycles. The van der Waals surface area contributed by atoms with Crippen LogP contribution in [-0.2, 0) is 6.54 Å². The third kappa shape index (κ3) is 3.74. The molecule has 0 saturated carbocycles. The van der Waals surface area contributed by atoms with E-state index in [4.69, 9.17) is 15.7 Å². The van der Waals surface area contributed by atoms with Gasteiger partial charge >= 0.3 is 5.69 Å². The fraction of sp³-hybridized carbons (Fsp3) is 0.364. The highest BCUT2D eigenvalue weighted by atomic mass is 16.6. The lowest BCUT2D eigenvalue weighted by molar-refractivity contribution is -0.385. The van der Waals surface area contributed by atoms with Crippen LogP contribution in [0.25, 0.3) is 0 Å². The van der Waals surface area contributed by atoms with Gasteiger partial charge in [-0.1, -0.05) is 6.07 Å². The summed E-state index contributed by atoms with van der Waals surface area (Å²) < 4.78 is 5.29. The number of benzene rings is 1. The van der Waals surface area contributed by atoms with Crippen molar-refractivity contribution < 1.29 is 9.66 Å². The summed E-state index contributed by atoms with van der Waals surface area (Å²) in [5.41, 5.74) is 6.14. The van der Waals surface area contributed by atoms with Gasteiger partial charge in [-0.3, -0.25) is 10.1 Å². The standard InChI is InChI=1S/C11H13N3O3/c12-5-1-2-6-17-11-7-9(8-13)3-4-10(11)14(15)16/h3-4,7H,1-2,6,8,13H2. The zero-order chi connectivity index (χ0) is 12.7. The van der Waals surface area contributed by atoms with Crippen molar-refractivity contribution in [1.29, 1.82) is 5.26 Å². The molecule has 90 valence electrons. The maximum Gasteiger partial charge on any atom is 0.310 e. The van der Waals surface area contributed by atoms with Crippen molar-refractivity contribution >= 4 is 5.69 Å². The molecule has 1 aromatic carbocycles. The molecule has 0 amide bonds. The molecule has 0 saturated heterocycles. The van der Waals surface area contributed by atoms with Crippen LogP contribution in [0.15, 0.2) is 18.2 Å². The minimum absolute atomic E-state index is 0.0841. The minimum atomic E-state index is -0.500. The van der Waals surface area contributed by atoms with E-state index in [1.165, 1.54) is 6.07 Å². The predicted octanol–water partition coefficient (Wildman–Crippen LogP) is 1.74. The third-order valence-electron chi connectivity index (χ3n) is 2.15. The number of hydrogen-bond acceptors (Lipinski definition) is 5. The van der Waals surface area contributed by atoms with Crippen molar-refractivity contribution in [3.8, 4) is 11.8 Å². The normalized spacial score (nSPS) is 9.65. The topological polar surface area (TPSA) is 102 Å². The molecule has 17 heavy (non-hydrogen) atoms. The van der Waals surface area contributed by atoms with E-state index in [-0.39, 0.29) is 18.0 Å². The van der Waals surface area contributed by atoms with Crippen LogP contribution in [0.3, 0.4) is 0 Å². The number of rotatable bonds is 6.